The molecule has 0 aromatic carbocycles. The predicted molar refractivity (Wildman–Crippen MR) is 101 cm³/mol. The van der Waals surface area contributed by atoms with E-state index in [1.165, 1.54) is 17.4 Å². The predicted octanol–water partition coefficient (Wildman–Crippen LogP) is 1.94. The highest BCUT2D eigenvalue weighted by atomic mass is 16.2. The molecule has 0 radical (unpaired) electrons. The molecule has 2 saturated carbocycles. The number of aryl methyl sites for hydroxylation is 1. The van der Waals surface area contributed by atoms with Gasteiger partial charge in [0, 0.05) is 25.0 Å². The number of nitrogens with zero attached hydrogens (tertiary/aromatic N) is 3. The van der Waals surface area contributed by atoms with Gasteiger partial charge in [-0.15, -0.1) is 0 Å². The maximum absolute atomic E-state index is 12.8. The van der Waals surface area contributed by atoms with Gasteiger partial charge in [0.25, 0.3) is 5.56 Å². The summed E-state index contributed by atoms with van der Waals surface area (Å²) >= 11 is 0. The Morgan fingerprint density at radius 3 is 2.31 bits per heavy atom. The number of nitrogens with two attached hydrogens (primary N) is 1. The van der Waals surface area contributed by atoms with Gasteiger partial charge in [0.05, 0.1) is 0 Å². The first-order chi connectivity index (χ1) is 12.5. The monoisotopic (exact) mass is 359 g/mol. The largest absolute Gasteiger partial charge is 0.336 e. The molecular weight excluding hydrogens is 330 g/mol. The normalized spacial score (nSPS) is 28.1. The van der Waals surface area contributed by atoms with Gasteiger partial charge in [-0.3, -0.25) is 13.9 Å². The molecule has 0 saturated heterocycles. The highest BCUT2D eigenvalue weighted by Gasteiger charge is 2.42. The van der Waals surface area contributed by atoms with Crippen molar-refractivity contribution in [3.8, 4) is 0 Å². The van der Waals surface area contributed by atoms with Crippen LogP contribution in [0, 0.1) is 11.8 Å². The van der Waals surface area contributed by atoms with Crippen molar-refractivity contribution in [2.45, 2.75) is 77.4 Å². The average Bonchev–Trinajstić information content (AvgIpc) is 3.13. The first-order valence-corrected chi connectivity index (χ1v) is 10.0. The van der Waals surface area contributed by atoms with Crippen molar-refractivity contribution in [3.05, 3.63) is 26.7 Å². The number of aromatic amines is 1. The van der Waals surface area contributed by atoms with Crippen LogP contribution in [0.3, 0.4) is 0 Å². The van der Waals surface area contributed by atoms with Crippen molar-refractivity contribution in [1.82, 2.24) is 19.1 Å². The summed E-state index contributed by atoms with van der Waals surface area (Å²) in [5.41, 5.74) is 6.84. The lowest BCUT2D eigenvalue weighted by Gasteiger charge is -2.31. The van der Waals surface area contributed by atoms with Crippen molar-refractivity contribution < 1.29 is 0 Å². The molecule has 2 aromatic rings. The minimum atomic E-state index is -0.242. The molecule has 0 aliphatic heterocycles. The van der Waals surface area contributed by atoms with Crippen molar-refractivity contribution >= 4 is 11.2 Å². The van der Waals surface area contributed by atoms with Gasteiger partial charge >= 0.3 is 5.69 Å². The Morgan fingerprint density at radius 1 is 1.08 bits per heavy atom. The van der Waals surface area contributed by atoms with Crippen LogP contribution in [0.4, 0.5) is 0 Å². The second-order valence-electron chi connectivity index (χ2n) is 8.05. The van der Waals surface area contributed by atoms with Crippen molar-refractivity contribution in [2.24, 2.45) is 17.6 Å². The summed E-state index contributed by atoms with van der Waals surface area (Å²) in [6.45, 7) is 5.01. The average molecular weight is 359 g/mol. The Morgan fingerprint density at radius 2 is 1.69 bits per heavy atom. The van der Waals surface area contributed by atoms with Crippen LogP contribution in [0.2, 0.25) is 0 Å². The Labute approximate surface area is 152 Å². The van der Waals surface area contributed by atoms with Gasteiger partial charge in [0.1, 0.15) is 11.3 Å². The zero-order chi connectivity index (χ0) is 18.4. The topological polar surface area (TPSA) is 98.7 Å². The van der Waals surface area contributed by atoms with Crippen LogP contribution in [0.15, 0.2) is 9.59 Å². The molecule has 2 fully saturated rings. The minimum Gasteiger partial charge on any atom is -0.336 e. The van der Waals surface area contributed by atoms with Gasteiger partial charge in [0.15, 0.2) is 5.65 Å². The lowest BCUT2D eigenvalue weighted by Crippen LogP contribution is -2.40. The molecule has 2 atom stereocenters. The summed E-state index contributed by atoms with van der Waals surface area (Å²) in [4.78, 5) is 33.7. The summed E-state index contributed by atoms with van der Waals surface area (Å²) in [6.07, 6.45) is 6.03. The number of nitrogens with one attached hydrogen (secondary N) is 1. The number of fused-ring (bicyclic) bond motifs is 3. The highest BCUT2D eigenvalue weighted by Crippen LogP contribution is 2.47. The maximum Gasteiger partial charge on any atom is 0.332 e. The second-order valence-corrected chi connectivity index (χ2v) is 8.05. The summed E-state index contributed by atoms with van der Waals surface area (Å²) in [5, 5.41) is 0. The van der Waals surface area contributed by atoms with E-state index in [9.17, 15) is 9.59 Å². The van der Waals surface area contributed by atoms with E-state index in [4.69, 9.17) is 10.7 Å². The zero-order valence-electron chi connectivity index (χ0n) is 15.7. The van der Waals surface area contributed by atoms with Crippen LogP contribution >= 0.6 is 0 Å². The van der Waals surface area contributed by atoms with Gasteiger partial charge in [-0.1, -0.05) is 13.8 Å². The highest BCUT2D eigenvalue weighted by molar-refractivity contribution is 5.70. The zero-order valence-corrected chi connectivity index (χ0v) is 15.7. The number of hydrogen-bond donors (Lipinski definition) is 2. The Hall–Kier alpha value is -1.89. The lowest BCUT2D eigenvalue weighted by atomic mass is 9.77. The van der Waals surface area contributed by atoms with Crippen molar-refractivity contribution in [1.29, 1.82) is 0 Å². The van der Waals surface area contributed by atoms with Gasteiger partial charge in [-0.2, -0.15) is 0 Å². The van der Waals surface area contributed by atoms with Gasteiger partial charge in [0.2, 0.25) is 0 Å². The first-order valence-electron chi connectivity index (χ1n) is 10.0. The van der Waals surface area contributed by atoms with E-state index in [2.05, 4.69) is 4.98 Å². The van der Waals surface area contributed by atoms with Crippen LogP contribution in [0.25, 0.3) is 11.2 Å². The molecule has 2 unspecified atom stereocenters. The molecule has 2 bridgehead atoms. The smallest absolute Gasteiger partial charge is 0.332 e. The van der Waals surface area contributed by atoms with Crippen LogP contribution in [-0.4, -0.2) is 25.1 Å². The molecule has 2 aliphatic rings. The van der Waals surface area contributed by atoms with Crippen LogP contribution in [0.5, 0.6) is 0 Å². The molecule has 7 nitrogen and oxygen atoms in total. The van der Waals surface area contributed by atoms with E-state index < -0.39 is 0 Å². The SMILES string of the molecule is CCCn1c(=O)c2[nH]c(C3CC4CCC(C3)C4N)nc2n(CCC)c1=O. The standard InChI is InChI=1S/C19H29N5O2/c1-3-7-23-17-15(18(25)24(8-4-2)19(23)26)21-16(22-17)13-9-11-5-6-12(10-13)14(11)20/h11-14H,3-10,20H2,1-2H3,(H,21,22). The number of imidazole rings is 1. The summed E-state index contributed by atoms with van der Waals surface area (Å²) in [5.74, 6) is 2.28. The molecule has 2 heterocycles. The van der Waals surface area contributed by atoms with E-state index in [1.807, 2.05) is 13.8 Å². The number of rotatable bonds is 5. The molecule has 3 N–H and O–H groups in total. The Kier molecular flexibility index (Phi) is 4.50. The van der Waals surface area contributed by atoms with E-state index >= 15 is 0 Å². The third-order valence-electron chi connectivity index (χ3n) is 6.33. The fourth-order valence-corrected chi connectivity index (χ4v) is 5.02. The summed E-state index contributed by atoms with van der Waals surface area (Å²) < 4.78 is 3.01. The third kappa shape index (κ3) is 2.64. The molecule has 4 rings (SSSR count). The maximum atomic E-state index is 12.8. The number of aromatic nitrogens is 4. The third-order valence-corrected chi connectivity index (χ3v) is 6.33. The minimum absolute atomic E-state index is 0.241. The molecule has 2 aliphatic carbocycles. The molecule has 2 aromatic heterocycles. The van der Waals surface area contributed by atoms with Crippen molar-refractivity contribution in [3.63, 3.8) is 0 Å². The van der Waals surface area contributed by atoms with Crippen LogP contribution in [-0.2, 0) is 13.1 Å². The van der Waals surface area contributed by atoms with Crippen LogP contribution < -0.4 is 17.0 Å². The lowest BCUT2D eigenvalue weighted by molar-refractivity contribution is 0.268. The van der Waals surface area contributed by atoms with Crippen molar-refractivity contribution in [2.75, 3.05) is 0 Å². The van der Waals surface area contributed by atoms with E-state index in [-0.39, 0.29) is 11.2 Å². The van der Waals surface area contributed by atoms with Gasteiger partial charge in [-0.25, -0.2) is 9.78 Å². The Bertz CT molecular complexity index is 910. The molecule has 0 spiro atoms. The van der Waals surface area contributed by atoms with E-state index in [0.29, 0.717) is 48.0 Å². The van der Waals surface area contributed by atoms with E-state index in [1.54, 1.807) is 4.57 Å². The second kappa shape index (κ2) is 6.68. The first kappa shape index (κ1) is 17.5. The molecule has 7 heteroatoms. The molecule has 0 amide bonds. The summed E-state index contributed by atoms with van der Waals surface area (Å²) in [7, 11) is 0. The fourth-order valence-electron chi connectivity index (χ4n) is 5.02. The Balaban J connectivity index is 1.81. The fraction of sp³-hybridized carbons (Fsp3) is 0.737. The van der Waals surface area contributed by atoms with Gasteiger partial charge < -0.3 is 10.7 Å². The number of H-pyrrole nitrogens is 1. The molecule has 26 heavy (non-hydrogen) atoms. The number of hydrogen-bond acceptors (Lipinski definition) is 4. The molecule has 142 valence electrons. The van der Waals surface area contributed by atoms with Gasteiger partial charge in [-0.05, 0) is 50.4 Å². The van der Waals surface area contributed by atoms with Crippen LogP contribution in [0.1, 0.15) is 64.1 Å². The summed E-state index contributed by atoms with van der Waals surface area (Å²) in [6, 6.07) is 0.315. The quantitative estimate of drug-likeness (QED) is 0.852. The van der Waals surface area contributed by atoms with E-state index in [0.717, 1.165) is 31.5 Å². The molecular formula is C19H29N5O2.